The molecule has 0 saturated carbocycles. The van der Waals surface area contributed by atoms with Crippen LogP contribution in [0.2, 0.25) is 0 Å². The summed E-state index contributed by atoms with van der Waals surface area (Å²) in [6, 6.07) is 7.95. The van der Waals surface area contributed by atoms with E-state index in [0.29, 0.717) is 18.7 Å². The highest BCUT2D eigenvalue weighted by Crippen LogP contribution is 2.27. The second kappa shape index (κ2) is 9.57. The van der Waals surface area contributed by atoms with Crippen molar-refractivity contribution in [3.05, 3.63) is 35.4 Å². The number of urea groups is 1. The molecular formula is C20H32N4O2. The SMILES string of the molecule is CC(C)NC(=O)N1CCC[C@H](c2cccc(C(=O)NCCN(C)C)c2)C1. The van der Waals surface area contributed by atoms with Gasteiger partial charge in [0.05, 0.1) is 0 Å². The van der Waals surface area contributed by atoms with Crippen molar-refractivity contribution in [2.45, 2.75) is 38.6 Å². The summed E-state index contributed by atoms with van der Waals surface area (Å²) in [5.74, 6) is 0.232. The lowest BCUT2D eigenvalue weighted by molar-refractivity contribution is 0.0950. The molecule has 26 heavy (non-hydrogen) atoms. The van der Waals surface area contributed by atoms with E-state index in [-0.39, 0.29) is 23.9 Å². The van der Waals surface area contributed by atoms with E-state index < -0.39 is 0 Å². The van der Waals surface area contributed by atoms with E-state index in [2.05, 4.69) is 16.7 Å². The third-order valence-corrected chi connectivity index (χ3v) is 4.59. The van der Waals surface area contributed by atoms with Gasteiger partial charge in [0.25, 0.3) is 5.91 Å². The van der Waals surface area contributed by atoms with E-state index in [4.69, 9.17) is 0 Å². The second-order valence-corrected chi connectivity index (χ2v) is 7.57. The highest BCUT2D eigenvalue weighted by Gasteiger charge is 2.25. The Labute approximate surface area is 156 Å². The van der Waals surface area contributed by atoms with Crippen LogP contribution < -0.4 is 10.6 Å². The standard InChI is InChI=1S/C20H32N4O2/c1-15(2)22-20(26)24-11-6-9-18(14-24)16-7-5-8-17(13-16)19(25)21-10-12-23(3)4/h5,7-8,13,15,18H,6,9-12,14H2,1-4H3,(H,21,25)(H,22,26)/t18-/m0/s1. The summed E-state index contributed by atoms with van der Waals surface area (Å²) in [5.41, 5.74) is 1.82. The van der Waals surface area contributed by atoms with Crippen LogP contribution in [-0.2, 0) is 0 Å². The van der Waals surface area contributed by atoms with Crippen molar-refractivity contribution in [1.82, 2.24) is 20.4 Å². The number of likely N-dealkylation sites (N-methyl/N-ethyl adjacent to an activating group) is 1. The molecule has 1 saturated heterocycles. The Morgan fingerprint density at radius 1 is 1.31 bits per heavy atom. The molecule has 0 aromatic heterocycles. The fourth-order valence-electron chi connectivity index (χ4n) is 3.20. The molecule has 6 nitrogen and oxygen atoms in total. The molecule has 144 valence electrons. The van der Waals surface area contributed by atoms with Crippen molar-refractivity contribution >= 4 is 11.9 Å². The van der Waals surface area contributed by atoms with Gasteiger partial charge < -0.3 is 20.4 Å². The van der Waals surface area contributed by atoms with Crippen molar-refractivity contribution in [1.29, 1.82) is 0 Å². The molecule has 1 aromatic carbocycles. The Bertz CT molecular complexity index is 616. The van der Waals surface area contributed by atoms with Gasteiger partial charge in [0, 0.05) is 43.7 Å². The predicted molar refractivity (Wildman–Crippen MR) is 105 cm³/mol. The van der Waals surface area contributed by atoms with Crippen molar-refractivity contribution in [2.24, 2.45) is 0 Å². The number of rotatable bonds is 6. The zero-order valence-corrected chi connectivity index (χ0v) is 16.4. The molecule has 1 aromatic rings. The minimum Gasteiger partial charge on any atom is -0.351 e. The highest BCUT2D eigenvalue weighted by atomic mass is 16.2. The maximum atomic E-state index is 12.4. The normalized spacial score (nSPS) is 17.5. The summed E-state index contributed by atoms with van der Waals surface area (Å²) in [7, 11) is 3.97. The van der Waals surface area contributed by atoms with Gasteiger partial charge in [-0.3, -0.25) is 4.79 Å². The number of benzene rings is 1. The van der Waals surface area contributed by atoms with Gasteiger partial charge in [-0.2, -0.15) is 0 Å². The Morgan fingerprint density at radius 3 is 2.77 bits per heavy atom. The molecule has 1 fully saturated rings. The average Bonchev–Trinajstić information content (AvgIpc) is 2.61. The Hall–Kier alpha value is -2.08. The molecule has 0 aliphatic carbocycles. The highest BCUT2D eigenvalue weighted by molar-refractivity contribution is 5.94. The Morgan fingerprint density at radius 2 is 2.08 bits per heavy atom. The number of carbonyl (C=O) groups excluding carboxylic acids is 2. The molecule has 1 atom stereocenters. The molecule has 1 aliphatic rings. The van der Waals surface area contributed by atoms with Crippen LogP contribution in [-0.4, -0.2) is 68.1 Å². The molecule has 0 bridgehead atoms. The molecule has 2 N–H and O–H groups in total. The molecule has 0 unspecified atom stereocenters. The summed E-state index contributed by atoms with van der Waals surface area (Å²) in [4.78, 5) is 28.6. The number of piperidine rings is 1. The van der Waals surface area contributed by atoms with E-state index in [1.807, 2.05) is 55.9 Å². The van der Waals surface area contributed by atoms with Gasteiger partial charge in [0.1, 0.15) is 0 Å². The monoisotopic (exact) mass is 360 g/mol. The van der Waals surface area contributed by atoms with E-state index in [1.54, 1.807) is 0 Å². The van der Waals surface area contributed by atoms with Gasteiger partial charge in [0.2, 0.25) is 0 Å². The summed E-state index contributed by atoms with van der Waals surface area (Å²) in [6.45, 7) is 6.87. The van der Waals surface area contributed by atoms with Crippen LogP contribution in [0.3, 0.4) is 0 Å². The number of amides is 3. The smallest absolute Gasteiger partial charge is 0.317 e. The van der Waals surface area contributed by atoms with Gasteiger partial charge in [-0.1, -0.05) is 12.1 Å². The number of hydrogen-bond donors (Lipinski definition) is 2. The molecule has 1 heterocycles. The van der Waals surface area contributed by atoms with Crippen molar-refractivity contribution in [3.63, 3.8) is 0 Å². The van der Waals surface area contributed by atoms with Crippen molar-refractivity contribution in [2.75, 3.05) is 40.3 Å². The molecule has 1 aliphatic heterocycles. The van der Waals surface area contributed by atoms with Gasteiger partial charge in [0.15, 0.2) is 0 Å². The lowest BCUT2D eigenvalue weighted by Crippen LogP contribution is -2.47. The first-order valence-corrected chi connectivity index (χ1v) is 9.45. The quantitative estimate of drug-likeness (QED) is 0.818. The molecule has 6 heteroatoms. The first kappa shape index (κ1) is 20.2. The topological polar surface area (TPSA) is 64.7 Å². The summed E-state index contributed by atoms with van der Waals surface area (Å²) < 4.78 is 0. The van der Waals surface area contributed by atoms with Crippen molar-refractivity contribution < 1.29 is 9.59 Å². The molecule has 0 radical (unpaired) electrons. The number of nitrogens with zero attached hydrogens (tertiary/aromatic N) is 2. The fraction of sp³-hybridized carbons (Fsp3) is 0.600. The van der Waals surface area contributed by atoms with Crippen LogP contribution in [0.15, 0.2) is 24.3 Å². The molecule has 0 spiro atoms. The zero-order valence-electron chi connectivity index (χ0n) is 16.4. The maximum Gasteiger partial charge on any atom is 0.317 e. The molecular weight excluding hydrogens is 328 g/mol. The van der Waals surface area contributed by atoms with Crippen LogP contribution in [0.4, 0.5) is 4.79 Å². The van der Waals surface area contributed by atoms with E-state index >= 15 is 0 Å². The van der Waals surface area contributed by atoms with Gasteiger partial charge in [-0.05, 0) is 58.5 Å². The summed E-state index contributed by atoms with van der Waals surface area (Å²) >= 11 is 0. The third-order valence-electron chi connectivity index (χ3n) is 4.59. The molecule has 2 rings (SSSR count). The van der Waals surface area contributed by atoms with E-state index in [0.717, 1.165) is 31.5 Å². The number of hydrogen-bond acceptors (Lipinski definition) is 3. The van der Waals surface area contributed by atoms with E-state index in [9.17, 15) is 9.59 Å². The van der Waals surface area contributed by atoms with Crippen LogP contribution in [0.5, 0.6) is 0 Å². The predicted octanol–water partition coefficient (Wildman–Crippen LogP) is 2.28. The van der Waals surface area contributed by atoms with E-state index in [1.165, 1.54) is 0 Å². The van der Waals surface area contributed by atoms with Crippen LogP contribution in [0.1, 0.15) is 48.5 Å². The largest absolute Gasteiger partial charge is 0.351 e. The summed E-state index contributed by atoms with van der Waals surface area (Å²) in [5, 5.41) is 5.92. The number of nitrogens with one attached hydrogen (secondary N) is 2. The minimum absolute atomic E-state index is 0.00211. The number of likely N-dealkylation sites (tertiary alicyclic amines) is 1. The molecule has 3 amide bonds. The first-order valence-electron chi connectivity index (χ1n) is 9.45. The van der Waals surface area contributed by atoms with Crippen LogP contribution in [0.25, 0.3) is 0 Å². The van der Waals surface area contributed by atoms with Gasteiger partial charge >= 0.3 is 6.03 Å². The van der Waals surface area contributed by atoms with Crippen LogP contribution >= 0.6 is 0 Å². The van der Waals surface area contributed by atoms with Crippen LogP contribution in [0, 0.1) is 0 Å². The lowest BCUT2D eigenvalue weighted by Gasteiger charge is -2.33. The average molecular weight is 361 g/mol. The Kier molecular flexibility index (Phi) is 7.45. The first-order chi connectivity index (χ1) is 12.4. The second-order valence-electron chi connectivity index (χ2n) is 7.57. The number of carbonyl (C=O) groups is 2. The zero-order chi connectivity index (χ0) is 19.1. The summed E-state index contributed by atoms with van der Waals surface area (Å²) in [6.07, 6.45) is 2.02. The minimum atomic E-state index is -0.0427. The van der Waals surface area contributed by atoms with Crippen molar-refractivity contribution in [3.8, 4) is 0 Å². The lowest BCUT2D eigenvalue weighted by atomic mass is 9.89. The fourth-order valence-corrected chi connectivity index (χ4v) is 3.20. The van der Waals surface area contributed by atoms with Gasteiger partial charge in [-0.15, -0.1) is 0 Å². The maximum absolute atomic E-state index is 12.4. The Balaban J connectivity index is 2.00. The third kappa shape index (κ3) is 6.02. The van der Waals surface area contributed by atoms with Gasteiger partial charge in [-0.25, -0.2) is 4.79 Å².